The van der Waals surface area contributed by atoms with Gasteiger partial charge in [0.25, 0.3) is 0 Å². The Morgan fingerprint density at radius 3 is 2.78 bits per heavy atom. The van der Waals surface area contributed by atoms with Crippen molar-refractivity contribution in [2.24, 2.45) is 0 Å². The van der Waals surface area contributed by atoms with Gasteiger partial charge in [-0.15, -0.1) is 10.2 Å². The lowest BCUT2D eigenvalue weighted by atomic mass is 9.95. The largest absolute Gasteiger partial charge is 0.475 e. The fraction of sp³-hybridized carbons (Fsp3) is 0.733. The lowest BCUT2D eigenvalue weighted by Crippen LogP contribution is -2.47. The van der Waals surface area contributed by atoms with Crippen LogP contribution in [0.4, 0.5) is 13.2 Å². The summed E-state index contributed by atoms with van der Waals surface area (Å²) in [6.45, 7) is 2.13. The molecule has 0 spiro atoms. The van der Waals surface area contributed by atoms with Crippen LogP contribution in [0.2, 0.25) is 0 Å². The van der Waals surface area contributed by atoms with E-state index in [-0.39, 0.29) is 17.5 Å². The molecule has 3 rings (SSSR count). The average molecular weight is 331 g/mol. The van der Waals surface area contributed by atoms with E-state index >= 15 is 0 Å². The molecule has 2 aliphatic rings. The first kappa shape index (κ1) is 16.4. The number of hydrogen-bond donors (Lipinski definition) is 0. The quantitative estimate of drug-likeness (QED) is 0.830. The number of methoxy groups -OCH3 is 1. The zero-order valence-corrected chi connectivity index (χ0v) is 13.0. The van der Waals surface area contributed by atoms with E-state index in [9.17, 15) is 13.2 Å². The molecule has 2 aliphatic heterocycles. The Morgan fingerprint density at radius 2 is 2.13 bits per heavy atom. The average Bonchev–Trinajstić information content (AvgIpc) is 3.04. The van der Waals surface area contributed by atoms with E-state index in [1.165, 1.54) is 6.07 Å². The number of fused-ring (bicyclic) bond motifs is 1. The van der Waals surface area contributed by atoms with Crippen molar-refractivity contribution in [2.45, 2.75) is 43.4 Å². The SMILES string of the molecule is COCC12CCCN1[C@H](COc1ccc(C(F)(F)F)nn1)CC2. The summed E-state index contributed by atoms with van der Waals surface area (Å²) in [5.74, 6) is 0.126. The first-order valence-corrected chi connectivity index (χ1v) is 7.74. The van der Waals surface area contributed by atoms with Crippen LogP contribution < -0.4 is 4.74 Å². The molecule has 0 aromatic carbocycles. The molecule has 0 amide bonds. The van der Waals surface area contributed by atoms with Gasteiger partial charge in [-0.25, -0.2) is 0 Å². The Labute approximate surface area is 132 Å². The van der Waals surface area contributed by atoms with Gasteiger partial charge in [0, 0.05) is 24.8 Å². The summed E-state index contributed by atoms with van der Waals surface area (Å²) in [4.78, 5) is 2.42. The number of ether oxygens (including phenoxy) is 2. The van der Waals surface area contributed by atoms with Gasteiger partial charge in [-0.3, -0.25) is 4.90 Å². The molecular weight excluding hydrogens is 311 g/mol. The van der Waals surface area contributed by atoms with Crippen molar-refractivity contribution in [3.8, 4) is 5.88 Å². The predicted molar refractivity (Wildman–Crippen MR) is 76.1 cm³/mol. The number of hydrogen-bond acceptors (Lipinski definition) is 5. The second kappa shape index (κ2) is 6.24. The number of halogens is 3. The molecule has 2 fully saturated rings. The van der Waals surface area contributed by atoms with Crippen molar-refractivity contribution >= 4 is 0 Å². The highest BCUT2D eigenvalue weighted by molar-refractivity contribution is 5.14. The number of alkyl halides is 3. The maximum absolute atomic E-state index is 12.5. The molecular formula is C15H20F3N3O2. The first-order valence-electron chi connectivity index (χ1n) is 7.74. The first-order chi connectivity index (χ1) is 10.9. The Bertz CT molecular complexity index is 538. The molecule has 0 N–H and O–H groups in total. The highest BCUT2D eigenvalue weighted by Crippen LogP contribution is 2.42. The van der Waals surface area contributed by atoms with Gasteiger partial charge in [0.15, 0.2) is 5.69 Å². The van der Waals surface area contributed by atoms with Crippen LogP contribution in [0.15, 0.2) is 12.1 Å². The number of nitrogens with zero attached hydrogens (tertiary/aromatic N) is 3. The molecule has 5 nitrogen and oxygen atoms in total. The summed E-state index contributed by atoms with van der Waals surface area (Å²) in [6.07, 6.45) is -0.158. The molecule has 23 heavy (non-hydrogen) atoms. The minimum atomic E-state index is -4.48. The summed E-state index contributed by atoms with van der Waals surface area (Å²) < 4.78 is 48.3. The zero-order valence-electron chi connectivity index (χ0n) is 13.0. The fourth-order valence-electron chi connectivity index (χ4n) is 3.79. The van der Waals surface area contributed by atoms with Gasteiger partial charge in [0.05, 0.1) is 6.61 Å². The summed E-state index contributed by atoms with van der Waals surface area (Å²) in [5, 5.41) is 6.68. The smallest absolute Gasteiger partial charge is 0.435 e. The molecule has 8 heteroatoms. The monoisotopic (exact) mass is 331 g/mol. The van der Waals surface area contributed by atoms with E-state index in [1.807, 2.05) is 0 Å². The second-order valence-electron chi connectivity index (χ2n) is 6.21. The Balaban J connectivity index is 1.59. The molecule has 1 aromatic heterocycles. The molecule has 1 unspecified atom stereocenters. The van der Waals surface area contributed by atoms with Crippen LogP contribution in [0.25, 0.3) is 0 Å². The highest BCUT2D eigenvalue weighted by atomic mass is 19.4. The van der Waals surface area contributed by atoms with Crippen LogP contribution in [0.3, 0.4) is 0 Å². The maximum Gasteiger partial charge on any atom is 0.435 e. The normalized spacial score (nSPS) is 28.1. The van der Waals surface area contributed by atoms with E-state index < -0.39 is 11.9 Å². The number of rotatable bonds is 5. The van der Waals surface area contributed by atoms with Gasteiger partial charge in [-0.05, 0) is 38.3 Å². The second-order valence-corrected chi connectivity index (χ2v) is 6.21. The lowest BCUT2D eigenvalue weighted by molar-refractivity contribution is -0.141. The molecule has 3 heterocycles. The maximum atomic E-state index is 12.5. The Kier molecular flexibility index (Phi) is 4.46. The topological polar surface area (TPSA) is 47.5 Å². The molecule has 2 atom stereocenters. The Morgan fingerprint density at radius 1 is 1.30 bits per heavy atom. The van der Waals surface area contributed by atoms with E-state index in [1.54, 1.807) is 7.11 Å². The van der Waals surface area contributed by atoms with Gasteiger partial charge in [0.1, 0.15) is 6.61 Å². The lowest BCUT2D eigenvalue weighted by Gasteiger charge is -2.34. The van der Waals surface area contributed by atoms with Gasteiger partial charge >= 0.3 is 6.18 Å². The van der Waals surface area contributed by atoms with Crippen LogP contribution in [-0.4, -0.2) is 53.5 Å². The summed E-state index contributed by atoms with van der Waals surface area (Å²) in [6, 6.07) is 2.36. The van der Waals surface area contributed by atoms with Crippen LogP contribution in [-0.2, 0) is 10.9 Å². The molecule has 1 aromatic rings. The third kappa shape index (κ3) is 3.28. The van der Waals surface area contributed by atoms with E-state index in [2.05, 4.69) is 15.1 Å². The molecule has 2 saturated heterocycles. The summed E-state index contributed by atoms with van der Waals surface area (Å²) >= 11 is 0. The molecule has 0 saturated carbocycles. The van der Waals surface area contributed by atoms with Crippen LogP contribution >= 0.6 is 0 Å². The van der Waals surface area contributed by atoms with Crippen LogP contribution in [0, 0.1) is 0 Å². The molecule has 0 radical (unpaired) electrons. The van der Waals surface area contributed by atoms with Crippen LogP contribution in [0.1, 0.15) is 31.4 Å². The van der Waals surface area contributed by atoms with E-state index in [4.69, 9.17) is 9.47 Å². The van der Waals surface area contributed by atoms with E-state index in [0.717, 1.165) is 38.3 Å². The molecule has 0 aliphatic carbocycles. The van der Waals surface area contributed by atoms with Gasteiger partial charge in [-0.1, -0.05) is 0 Å². The third-order valence-electron chi connectivity index (χ3n) is 4.80. The Hall–Kier alpha value is -1.41. The predicted octanol–water partition coefficient (Wildman–Crippen LogP) is 2.52. The van der Waals surface area contributed by atoms with Crippen molar-refractivity contribution in [3.05, 3.63) is 17.8 Å². The zero-order chi connectivity index (χ0) is 16.5. The van der Waals surface area contributed by atoms with Crippen molar-refractivity contribution in [2.75, 3.05) is 26.9 Å². The third-order valence-corrected chi connectivity index (χ3v) is 4.80. The standard InChI is InChI=1S/C15H20F3N3O2/c1-22-10-14-6-2-8-21(14)11(5-7-14)9-23-13-4-3-12(19-20-13)15(16,17)18/h3-4,11H,2,5-10H2,1H3/t11-,14?/m0/s1. The molecule has 0 bridgehead atoms. The van der Waals surface area contributed by atoms with Gasteiger partial charge in [-0.2, -0.15) is 13.2 Å². The van der Waals surface area contributed by atoms with Crippen LogP contribution in [0.5, 0.6) is 5.88 Å². The summed E-state index contributed by atoms with van der Waals surface area (Å²) in [5.41, 5.74) is -0.904. The van der Waals surface area contributed by atoms with Crippen molar-refractivity contribution in [1.82, 2.24) is 15.1 Å². The van der Waals surface area contributed by atoms with Crippen molar-refractivity contribution < 1.29 is 22.6 Å². The molecule has 128 valence electrons. The highest BCUT2D eigenvalue weighted by Gasteiger charge is 2.49. The van der Waals surface area contributed by atoms with Gasteiger partial charge in [0.2, 0.25) is 5.88 Å². The fourth-order valence-corrected chi connectivity index (χ4v) is 3.79. The minimum Gasteiger partial charge on any atom is -0.475 e. The summed E-state index contributed by atoms with van der Waals surface area (Å²) in [7, 11) is 1.72. The van der Waals surface area contributed by atoms with Crippen molar-refractivity contribution in [3.63, 3.8) is 0 Å². The van der Waals surface area contributed by atoms with E-state index in [0.29, 0.717) is 13.2 Å². The number of aromatic nitrogens is 2. The van der Waals surface area contributed by atoms with Crippen molar-refractivity contribution in [1.29, 1.82) is 0 Å². The minimum absolute atomic E-state index is 0.106. The van der Waals surface area contributed by atoms with Gasteiger partial charge < -0.3 is 9.47 Å².